The maximum absolute atomic E-state index is 12.3. The van der Waals surface area contributed by atoms with Crippen molar-refractivity contribution in [3.8, 4) is 0 Å². The smallest absolute Gasteiger partial charge is 0.306 e. The third-order valence-electron chi connectivity index (χ3n) is 13.6. The van der Waals surface area contributed by atoms with Crippen LogP contribution in [0.5, 0.6) is 0 Å². The third-order valence-corrected chi connectivity index (χ3v) is 13.6. The molecule has 0 amide bonds. The van der Waals surface area contributed by atoms with Crippen LogP contribution in [0.3, 0.4) is 0 Å². The normalized spacial score (nSPS) is 12.9. The summed E-state index contributed by atoms with van der Waals surface area (Å²) in [7, 11) is 0. The maximum Gasteiger partial charge on any atom is 0.306 e. The standard InChI is InChI=1S/C68H118O5/c1-3-5-7-9-11-13-15-17-19-21-23-24-25-26-27-28-29-30-31-32-33-34-35-36-37-38-39-40-41-42-43-44-45-47-49-51-53-55-57-59-61-63-68(71)73-66(64-69)65-72-67(70)62-60-58-56-54-52-50-48-46-22-20-18-16-14-12-10-8-6-4-2/h5,7,11,13,17,19-20,22-24,26-27,29-30,32-33,66,69H,3-4,6,8-10,12,14-16,18,21,25,28,31,34-65H2,1-2H3/b7-5-,13-11-,19-17-,22-20-,24-23-,27-26-,30-29-,33-32-. The lowest BCUT2D eigenvalue weighted by Gasteiger charge is -2.15. The van der Waals surface area contributed by atoms with Crippen molar-refractivity contribution in [3.63, 3.8) is 0 Å². The topological polar surface area (TPSA) is 72.8 Å². The molecule has 0 heterocycles. The number of hydrogen-bond donors (Lipinski definition) is 1. The van der Waals surface area contributed by atoms with Gasteiger partial charge in [-0.25, -0.2) is 0 Å². The number of hydrogen-bond acceptors (Lipinski definition) is 5. The molecule has 1 atom stereocenters. The predicted molar refractivity (Wildman–Crippen MR) is 320 cm³/mol. The minimum atomic E-state index is -0.776. The predicted octanol–water partition coefficient (Wildman–Crippen LogP) is 21.5. The molecule has 0 aromatic carbocycles. The number of carbonyl (C=O) groups is 2. The molecule has 0 aliphatic heterocycles. The minimum absolute atomic E-state index is 0.0672. The average molecular weight is 1020 g/mol. The van der Waals surface area contributed by atoms with Crippen LogP contribution >= 0.6 is 0 Å². The maximum atomic E-state index is 12.3. The van der Waals surface area contributed by atoms with Crippen molar-refractivity contribution in [1.82, 2.24) is 0 Å². The molecule has 0 fully saturated rings. The highest BCUT2D eigenvalue weighted by Gasteiger charge is 2.16. The number of aliphatic hydroxyl groups is 1. The molecule has 0 aromatic heterocycles. The quantitative estimate of drug-likeness (QED) is 0.0373. The third kappa shape index (κ3) is 61.3. The Morgan fingerprint density at radius 3 is 0.904 bits per heavy atom. The van der Waals surface area contributed by atoms with Crippen LogP contribution in [0.25, 0.3) is 0 Å². The lowest BCUT2D eigenvalue weighted by Crippen LogP contribution is -2.28. The van der Waals surface area contributed by atoms with Gasteiger partial charge in [0.05, 0.1) is 6.61 Å². The van der Waals surface area contributed by atoms with E-state index in [1.54, 1.807) is 0 Å². The van der Waals surface area contributed by atoms with Gasteiger partial charge in [-0.05, 0) is 96.3 Å². The number of ether oxygens (including phenoxy) is 2. The number of rotatable bonds is 57. The molecule has 73 heavy (non-hydrogen) atoms. The molecule has 0 aromatic rings. The highest BCUT2D eigenvalue weighted by atomic mass is 16.6. The van der Waals surface area contributed by atoms with Crippen LogP contribution in [0.4, 0.5) is 0 Å². The lowest BCUT2D eigenvalue weighted by atomic mass is 10.0. The summed E-state index contributed by atoms with van der Waals surface area (Å²) in [5.74, 6) is -0.586. The van der Waals surface area contributed by atoms with E-state index in [0.29, 0.717) is 12.8 Å². The van der Waals surface area contributed by atoms with Gasteiger partial charge in [0.2, 0.25) is 0 Å². The van der Waals surface area contributed by atoms with Crippen LogP contribution in [-0.2, 0) is 19.1 Å². The first-order valence-electron chi connectivity index (χ1n) is 31.3. The molecule has 0 aliphatic carbocycles. The van der Waals surface area contributed by atoms with Gasteiger partial charge in [0, 0.05) is 12.8 Å². The summed E-state index contributed by atoms with van der Waals surface area (Å²) in [6.07, 6.45) is 89.8. The van der Waals surface area contributed by atoms with Crippen LogP contribution in [0.15, 0.2) is 97.2 Å². The Labute approximate surface area is 453 Å². The van der Waals surface area contributed by atoms with E-state index in [1.807, 2.05) is 0 Å². The van der Waals surface area contributed by atoms with E-state index >= 15 is 0 Å². The summed E-state index contributed by atoms with van der Waals surface area (Å²) in [6, 6.07) is 0. The Hall–Kier alpha value is -3.18. The molecule has 0 saturated carbocycles. The molecule has 5 nitrogen and oxygen atoms in total. The lowest BCUT2D eigenvalue weighted by molar-refractivity contribution is -0.161. The molecule has 0 saturated heterocycles. The summed E-state index contributed by atoms with van der Waals surface area (Å²) in [4.78, 5) is 24.5. The highest BCUT2D eigenvalue weighted by Crippen LogP contribution is 2.17. The van der Waals surface area contributed by atoms with Gasteiger partial charge in [0.25, 0.3) is 0 Å². The van der Waals surface area contributed by atoms with Crippen molar-refractivity contribution >= 4 is 11.9 Å². The van der Waals surface area contributed by atoms with Crippen LogP contribution < -0.4 is 0 Å². The summed E-state index contributed by atoms with van der Waals surface area (Å²) in [5.41, 5.74) is 0. The Morgan fingerprint density at radius 2 is 0.589 bits per heavy atom. The van der Waals surface area contributed by atoms with Crippen molar-refractivity contribution in [3.05, 3.63) is 97.2 Å². The molecule has 1 unspecified atom stereocenters. The summed E-state index contributed by atoms with van der Waals surface area (Å²) in [5, 5.41) is 9.66. The zero-order valence-electron chi connectivity index (χ0n) is 48.1. The number of carbonyl (C=O) groups excluding carboxylic acids is 2. The van der Waals surface area contributed by atoms with Gasteiger partial charge in [-0.3, -0.25) is 9.59 Å². The SMILES string of the molecule is CC/C=C\C/C=C\C/C=C\C/C=C\C/C=C\C/C=C\C/C=C\CCCCCCCCCCCCCCCCCCCCCC(=O)OC(CO)COC(=O)CCCCCCCCC/C=C\CCCCCCCCC. The van der Waals surface area contributed by atoms with Gasteiger partial charge >= 0.3 is 11.9 Å². The zero-order chi connectivity index (χ0) is 52.7. The molecule has 0 spiro atoms. The average Bonchev–Trinajstić information content (AvgIpc) is 3.39. The van der Waals surface area contributed by atoms with Crippen molar-refractivity contribution in [2.45, 2.75) is 309 Å². The molecule has 0 bridgehead atoms. The Bertz CT molecular complexity index is 1380. The first-order valence-corrected chi connectivity index (χ1v) is 31.3. The van der Waals surface area contributed by atoms with Gasteiger partial charge in [-0.1, -0.05) is 291 Å². The monoisotopic (exact) mass is 1010 g/mol. The Balaban J connectivity index is 3.46. The zero-order valence-corrected chi connectivity index (χ0v) is 48.1. The molecule has 420 valence electrons. The van der Waals surface area contributed by atoms with Crippen molar-refractivity contribution in [1.29, 1.82) is 0 Å². The van der Waals surface area contributed by atoms with Gasteiger partial charge in [-0.2, -0.15) is 0 Å². The van der Waals surface area contributed by atoms with E-state index in [0.717, 1.165) is 83.5 Å². The van der Waals surface area contributed by atoms with E-state index in [2.05, 4.69) is 111 Å². The summed E-state index contributed by atoms with van der Waals surface area (Å²) >= 11 is 0. The largest absolute Gasteiger partial charge is 0.462 e. The van der Waals surface area contributed by atoms with E-state index in [9.17, 15) is 14.7 Å². The first-order chi connectivity index (χ1) is 36.1. The fraction of sp³-hybridized carbons (Fsp3) is 0.735. The molecule has 0 rings (SSSR count). The van der Waals surface area contributed by atoms with Crippen LogP contribution in [0.1, 0.15) is 303 Å². The van der Waals surface area contributed by atoms with E-state index < -0.39 is 6.10 Å². The van der Waals surface area contributed by atoms with E-state index in [1.165, 1.54) is 193 Å². The van der Waals surface area contributed by atoms with Crippen LogP contribution in [-0.4, -0.2) is 36.4 Å². The molecular weight excluding hydrogens is 897 g/mol. The van der Waals surface area contributed by atoms with Crippen LogP contribution in [0, 0.1) is 0 Å². The molecule has 1 N–H and O–H groups in total. The Morgan fingerprint density at radius 1 is 0.329 bits per heavy atom. The Kier molecular flexibility index (Phi) is 60.4. The van der Waals surface area contributed by atoms with E-state index in [-0.39, 0.29) is 25.2 Å². The second-order valence-electron chi connectivity index (χ2n) is 20.8. The van der Waals surface area contributed by atoms with Crippen LogP contribution in [0.2, 0.25) is 0 Å². The van der Waals surface area contributed by atoms with Gasteiger partial charge in [-0.15, -0.1) is 0 Å². The van der Waals surface area contributed by atoms with Crippen molar-refractivity contribution < 1.29 is 24.2 Å². The molecule has 5 heteroatoms. The van der Waals surface area contributed by atoms with Gasteiger partial charge < -0.3 is 14.6 Å². The molecule has 0 aliphatic rings. The second kappa shape index (κ2) is 63.1. The fourth-order valence-electron chi connectivity index (χ4n) is 8.94. The number of aliphatic hydroxyl groups excluding tert-OH is 1. The van der Waals surface area contributed by atoms with E-state index in [4.69, 9.17) is 9.47 Å². The number of esters is 2. The van der Waals surface area contributed by atoms with Gasteiger partial charge in [0.15, 0.2) is 6.10 Å². The van der Waals surface area contributed by atoms with Crippen molar-refractivity contribution in [2.75, 3.05) is 13.2 Å². The second-order valence-corrected chi connectivity index (χ2v) is 20.8. The minimum Gasteiger partial charge on any atom is -0.462 e. The molecule has 0 radical (unpaired) electrons. The first kappa shape index (κ1) is 69.8. The number of allylic oxidation sites excluding steroid dienone is 16. The van der Waals surface area contributed by atoms with Crippen molar-refractivity contribution in [2.24, 2.45) is 0 Å². The summed E-state index contributed by atoms with van der Waals surface area (Å²) in [6.45, 7) is 4.04. The number of unbranched alkanes of at least 4 members (excludes halogenated alkanes) is 33. The molecular formula is C68H118O5. The van der Waals surface area contributed by atoms with Gasteiger partial charge in [0.1, 0.15) is 6.61 Å². The summed E-state index contributed by atoms with van der Waals surface area (Å²) < 4.78 is 10.7. The fourth-order valence-corrected chi connectivity index (χ4v) is 8.94. The highest BCUT2D eigenvalue weighted by molar-refractivity contribution is 5.70.